The fourth-order valence-electron chi connectivity index (χ4n) is 1.57. The van der Waals surface area contributed by atoms with Gasteiger partial charge in [-0.3, -0.25) is 9.52 Å². The first kappa shape index (κ1) is 15.9. The highest BCUT2D eigenvalue weighted by Crippen LogP contribution is 2.24. The number of sulfonamides is 1. The van der Waals surface area contributed by atoms with E-state index in [1.807, 2.05) is 0 Å². The van der Waals surface area contributed by atoms with E-state index in [1.54, 1.807) is 6.07 Å². The molecule has 1 aromatic carbocycles. The summed E-state index contributed by atoms with van der Waals surface area (Å²) in [6.07, 6.45) is 1.31. The van der Waals surface area contributed by atoms with Crippen LogP contribution in [-0.2, 0) is 10.0 Å². The molecule has 110 valence electrons. The summed E-state index contributed by atoms with van der Waals surface area (Å²) >= 11 is 8.92. The largest absolute Gasteiger partial charge is 0.295 e. The Balaban J connectivity index is 2.36. The molecule has 1 N–H and O–H groups in total. The molecule has 0 spiro atoms. The Morgan fingerprint density at radius 1 is 1.33 bits per heavy atom. The van der Waals surface area contributed by atoms with Gasteiger partial charge in [-0.25, -0.2) is 13.4 Å². The number of aromatic nitrogens is 1. The van der Waals surface area contributed by atoms with Crippen LogP contribution in [0.25, 0.3) is 0 Å². The summed E-state index contributed by atoms with van der Waals surface area (Å²) < 4.78 is 27.4. The maximum absolute atomic E-state index is 12.3. The lowest BCUT2D eigenvalue weighted by atomic mass is 10.2. The van der Waals surface area contributed by atoms with E-state index in [0.717, 1.165) is 0 Å². The van der Waals surface area contributed by atoms with E-state index in [0.29, 0.717) is 10.0 Å². The van der Waals surface area contributed by atoms with Gasteiger partial charge in [0, 0.05) is 5.56 Å². The smallest absolute Gasteiger partial charge is 0.261 e. The topological polar surface area (TPSA) is 76.1 Å². The van der Waals surface area contributed by atoms with Crippen LogP contribution in [0, 0.1) is 0 Å². The first-order valence-electron chi connectivity index (χ1n) is 5.74. The number of hydrogen-bond acceptors (Lipinski definition) is 4. The molecular formula is C13H10BrClN2O3S. The third kappa shape index (κ3) is 3.81. The highest BCUT2D eigenvalue weighted by Gasteiger charge is 2.16. The maximum Gasteiger partial charge on any atom is 0.261 e. The van der Waals surface area contributed by atoms with Crippen molar-refractivity contribution in [2.45, 2.75) is 11.8 Å². The minimum Gasteiger partial charge on any atom is -0.295 e. The van der Waals surface area contributed by atoms with Crippen molar-refractivity contribution in [1.82, 2.24) is 4.98 Å². The van der Waals surface area contributed by atoms with Gasteiger partial charge in [-0.05, 0) is 41.1 Å². The average Bonchev–Trinajstić information content (AvgIpc) is 2.43. The van der Waals surface area contributed by atoms with Crippen LogP contribution in [0.15, 0.2) is 45.9 Å². The lowest BCUT2D eigenvalue weighted by Gasteiger charge is -2.09. The number of pyridine rings is 1. The number of anilines is 1. The van der Waals surface area contributed by atoms with Crippen molar-refractivity contribution in [3.05, 3.63) is 51.7 Å². The SMILES string of the molecule is CC(=O)c1cccc(S(=O)(=O)Nc2cnc(Cl)c(Br)c2)c1. The van der Waals surface area contributed by atoms with Gasteiger partial charge in [0.1, 0.15) is 5.15 Å². The number of nitrogens with zero attached hydrogens (tertiary/aromatic N) is 1. The van der Waals surface area contributed by atoms with Crippen LogP contribution < -0.4 is 4.72 Å². The van der Waals surface area contributed by atoms with Gasteiger partial charge in [0.2, 0.25) is 0 Å². The van der Waals surface area contributed by atoms with Crippen molar-refractivity contribution in [3.8, 4) is 0 Å². The summed E-state index contributed by atoms with van der Waals surface area (Å²) in [5, 5.41) is 0.233. The van der Waals surface area contributed by atoms with Crippen LogP contribution in [0.3, 0.4) is 0 Å². The molecule has 0 unspecified atom stereocenters. The summed E-state index contributed by atoms with van der Waals surface area (Å²) in [5.41, 5.74) is 0.591. The zero-order chi connectivity index (χ0) is 15.6. The number of carbonyl (C=O) groups is 1. The number of Topliss-reactive ketones (excluding diaryl/α,β-unsaturated/α-hetero) is 1. The summed E-state index contributed by atoms with van der Waals surface area (Å²) in [4.78, 5) is 15.2. The van der Waals surface area contributed by atoms with E-state index in [-0.39, 0.29) is 21.5 Å². The van der Waals surface area contributed by atoms with Crippen molar-refractivity contribution in [2.75, 3.05) is 4.72 Å². The molecule has 21 heavy (non-hydrogen) atoms. The number of halogens is 2. The predicted molar refractivity (Wildman–Crippen MR) is 84.2 cm³/mol. The van der Waals surface area contributed by atoms with E-state index in [1.165, 1.54) is 37.4 Å². The second-order valence-corrected chi connectivity index (χ2v) is 7.08. The molecule has 5 nitrogen and oxygen atoms in total. The Bertz CT molecular complexity index is 809. The van der Waals surface area contributed by atoms with Crippen LogP contribution >= 0.6 is 27.5 Å². The molecule has 1 heterocycles. The molecule has 0 aliphatic carbocycles. The molecule has 1 aromatic heterocycles. The van der Waals surface area contributed by atoms with Gasteiger partial charge in [-0.2, -0.15) is 0 Å². The van der Waals surface area contributed by atoms with Crippen LogP contribution in [0.2, 0.25) is 5.15 Å². The molecule has 0 radical (unpaired) electrons. The minimum atomic E-state index is -3.81. The van der Waals surface area contributed by atoms with Crippen molar-refractivity contribution >= 4 is 49.0 Å². The number of rotatable bonds is 4. The van der Waals surface area contributed by atoms with E-state index >= 15 is 0 Å². The Morgan fingerprint density at radius 2 is 2.05 bits per heavy atom. The van der Waals surface area contributed by atoms with Crippen LogP contribution in [0.4, 0.5) is 5.69 Å². The Morgan fingerprint density at radius 3 is 2.67 bits per heavy atom. The molecule has 2 rings (SSSR count). The Hall–Kier alpha value is -1.44. The molecular weight excluding hydrogens is 380 g/mol. The fraction of sp³-hybridized carbons (Fsp3) is 0.0769. The van der Waals surface area contributed by atoms with E-state index < -0.39 is 10.0 Å². The van der Waals surface area contributed by atoms with Gasteiger partial charge in [0.15, 0.2) is 5.78 Å². The van der Waals surface area contributed by atoms with Gasteiger partial charge in [0.05, 0.1) is 21.3 Å². The molecule has 0 aliphatic heterocycles. The number of hydrogen-bond donors (Lipinski definition) is 1. The van der Waals surface area contributed by atoms with E-state index in [4.69, 9.17) is 11.6 Å². The van der Waals surface area contributed by atoms with Crippen molar-refractivity contribution in [1.29, 1.82) is 0 Å². The van der Waals surface area contributed by atoms with Crippen molar-refractivity contribution < 1.29 is 13.2 Å². The van der Waals surface area contributed by atoms with Crippen LogP contribution in [-0.4, -0.2) is 19.2 Å². The Kier molecular flexibility index (Phi) is 4.65. The van der Waals surface area contributed by atoms with Crippen LogP contribution in [0.5, 0.6) is 0 Å². The minimum absolute atomic E-state index is 0.00118. The highest BCUT2D eigenvalue weighted by atomic mass is 79.9. The third-order valence-corrected chi connectivity index (χ3v) is 5.11. The molecule has 0 saturated heterocycles. The number of carbonyl (C=O) groups excluding carboxylic acids is 1. The molecule has 2 aromatic rings. The lowest BCUT2D eigenvalue weighted by molar-refractivity contribution is 0.101. The van der Waals surface area contributed by atoms with Crippen molar-refractivity contribution in [2.24, 2.45) is 0 Å². The van der Waals surface area contributed by atoms with Gasteiger partial charge >= 0.3 is 0 Å². The summed E-state index contributed by atoms with van der Waals surface area (Å²) in [6.45, 7) is 1.37. The molecule has 0 fully saturated rings. The predicted octanol–water partition coefficient (Wildman–Crippen LogP) is 3.50. The second-order valence-electron chi connectivity index (χ2n) is 4.19. The molecule has 0 atom stereocenters. The standard InChI is InChI=1S/C13H10BrClN2O3S/c1-8(18)9-3-2-4-11(5-9)21(19,20)17-10-6-12(14)13(15)16-7-10/h2-7,17H,1H3. The van der Waals surface area contributed by atoms with E-state index in [9.17, 15) is 13.2 Å². The normalized spacial score (nSPS) is 11.2. The summed E-state index contributed by atoms with van der Waals surface area (Å²) in [5.74, 6) is -0.206. The number of nitrogens with one attached hydrogen (secondary N) is 1. The summed E-state index contributed by atoms with van der Waals surface area (Å²) in [7, 11) is -3.81. The lowest BCUT2D eigenvalue weighted by Crippen LogP contribution is -2.13. The molecule has 0 aliphatic rings. The van der Waals surface area contributed by atoms with Gasteiger partial charge in [0.25, 0.3) is 10.0 Å². The number of ketones is 1. The summed E-state index contributed by atoms with van der Waals surface area (Å²) in [6, 6.07) is 7.31. The Labute approximate surface area is 135 Å². The molecule has 0 saturated carbocycles. The van der Waals surface area contributed by atoms with Crippen LogP contribution in [0.1, 0.15) is 17.3 Å². The quantitative estimate of drug-likeness (QED) is 0.641. The zero-order valence-corrected chi connectivity index (χ0v) is 14.0. The highest BCUT2D eigenvalue weighted by molar-refractivity contribution is 9.10. The van der Waals surface area contributed by atoms with Gasteiger partial charge in [-0.15, -0.1) is 0 Å². The molecule has 8 heteroatoms. The van der Waals surface area contributed by atoms with Gasteiger partial charge < -0.3 is 0 Å². The van der Waals surface area contributed by atoms with Gasteiger partial charge in [-0.1, -0.05) is 23.7 Å². The van der Waals surface area contributed by atoms with E-state index in [2.05, 4.69) is 25.6 Å². The number of benzene rings is 1. The molecule has 0 amide bonds. The van der Waals surface area contributed by atoms with Crippen molar-refractivity contribution in [3.63, 3.8) is 0 Å². The fourth-order valence-corrected chi connectivity index (χ4v) is 3.11. The first-order valence-corrected chi connectivity index (χ1v) is 8.40. The monoisotopic (exact) mass is 388 g/mol. The maximum atomic E-state index is 12.3. The molecule has 0 bridgehead atoms. The zero-order valence-electron chi connectivity index (χ0n) is 10.8. The first-order chi connectivity index (χ1) is 9.79. The third-order valence-electron chi connectivity index (χ3n) is 2.60. The average molecular weight is 390 g/mol. The second kappa shape index (κ2) is 6.13.